The van der Waals surface area contributed by atoms with E-state index in [9.17, 15) is 4.79 Å². The van der Waals surface area contributed by atoms with E-state index in [1.54, 1.807) is 22.3 Å². The van der Waals surface area contributed by atoms with Gasteiger partial charge in [0.25, 0.3) is 5.91 Å². The van der Waals surface area contributed by atoms with Crippen molar-refractivity contribution in [2.75, 3.05) is 32.1 Å². The Hall–Kier alpha value is -1.73. The van der Waals surface area contributed by atoms with Crippen molar-refractivity contribution in [3.63, 3.8) is 0 Å². The molecule has 0 aliphatic heterocycles. The fourth-order valence-corrected chi connectivity index (χ4v) is 4.16. The molecule has 3 rings (SSSR count). The first-order valence-electron chi connectivity index (χ1n) is 7.91. The number of rotatable bonds is 6. The highest BCUT2D eigenvalue weighted by molar-refractivity contribution is 7.22. The number of nitrogens with one attached hydrogen (secondary N) is 1. The Bertz CT molecular complexity index is 887. The molecule has 3 aromatic rings. The molecule has 2 aromatic heterocycles. The second-order valence-corrected chi connectivity index (χ2v) is 8.33. The summed E-state index contributed by atoms with van der Waals surface area (Å²) in [5.41, 5.74) is 0.863. The van der Waals surface area contributed by atoms with Gasteiger partial charge in [0.1, 0.15) is 0 Å². The summed E-state index contributed by atoms with van der Waals surface area (Å²) in [6.45, 7) is 1.46. The van der Waals surface area contributed by atoms with Gasteiger partial charge in [-0.2, -0.15) is 0 Å². The lowest BCUT2D eigenvalue weighted by Gasteiger charge is -2.19. The van der Waals surface area contributed by atoms with E-state index in [-0.39, 0.29) is 5.91 Å². The van der Waals surface area contributed by atoms with Crippen LogP contribution in [-0.4, -0.2) is 38.1 Å². The first-order valence-corrected chi connectivity index (χ1v) is 9.98. The van der Waals surface area contributed by atoms with Gasteiger partial charge in [-0.15, -0.1) is 11.3 Å². The second-order valence-electron chi connectivity index (χ2n) is 5.90. The van der Waals surface area contributed by atoms with E-state index in [4.69, 9.17) is 11.6 Å². The van der Waals surface area contributed by atoms with Crippen molar-refractivity contribution in [1.29, 1.82) is 0 Å². The summed E-state index contributed by atoms with van der Waals surface area (Å²) in [5.74, 6) is -0.0557. The number of nitrogens with zero attached hydrogens (tertiary/aromatic N) is 2. The zero-order chi connectivity index (χ0) is 17.8. The Labute approximate surface area is 160 Å². The number of carbonyl (C=O) groups is 1. The predicted octanol–water partition coefficient (Wildman–Crippen LogP) is 3.20. The molecule has 2 heterocycles. The topological polar surface area (TPSA) is 37.6 Å². The number of likely N-dealkylation sites (N-methyl/N-ethyl adjacent to an activating group) is 1. The van der Waals surface area contributed by atoms with Crippen molar-refractivity contribution in [3.05, 3.63) is 51.7 Å². The lowest BCUT2D eigenvalue weighted by atomic mass is 10.3. The molecule has 1 amide bonds. The summed E-state index contributed by atoms with van der Waals surface area (Å²) in [7, 11) is 4.14. The van der Waals surface area contributed by atoms with E-state index < -0.39 is 0 Å². The summed E-state index contributed by atoms with van der Waals surface area (Å²) in [6.07, 6.45) is 3.47. The second kappa shape index (κ2) is 8.10. The molecular formula is C18H19ClN3OS2+. The standard InChI is InChI=1S/C18H18ClN3OS2/c1-21(2)9-10-22(17(23)8-6-14-4-3-11-24-14)18-20-15-7-5-13(19)12-16(15)25-18/h3-8,11-12H,9-10H2,1-2H3/p+1/b8-6+. The Kier molecular flexibility index (Phi) is 5.86. The highest BCUT2D eigenvalue weighted by Gasteiger charge is 2.19. The highest BCUT2D eigenvalue weighted by atomic mass is 35.5. The van der Waals surface area contributed by atoms with Crippen LogP contribution in [0, 0.1) is 0 Å². The summed E-state index contributed by atoms with van der Waals surface area (Å²) < 4.78 is 0.986. The molecule has 1 N–H and O–H groups in total. The van der Waals surface area contributed by atoms with Gasteiger partial charge < -0.3 is 4.90 Å². The number of thiophene rings is 1. The number of amides is 1. The van der Waals surface area contributed by atoms with Crippen molar-refractivity contribution >= 4 is 61.6 Å². The molecule has 25 heavy (non-hydrogen) atoms. The Balaban J connectivity index is 1.88. The average Bonchev–Trinajstić information content (AvgIpc) is 3.21. The molecule has 0 fully saturated rings. The van der Waals surface area contributed by atoms with Crippen molar-refractivity contribution < 1.29 is 9.69 Å². The monoisotopic (exact) mass is 392 g/mol. The molecule has 0 bridgehead atoms. The number of benzene rings is 1. The maximum absolute atomic E-state index is 12.8. The van der Waals surface area contributed by atoms with Gasteiger partial charge in [0.05, 0.1) is 37.4 Å². The van der Waals surface area contributed by atoms with Gasteiger partial charge >= 0.3 is 0 Å². The lowest BCUT2D eigenvalue weighted by molar-refractivity contribution is -0.856. The van der Waals surface area contributed by atoms with Crippen molar-refractivity contribution in [2.24, 2.45) is 0 Å². The molecule has 0 spiro atoms. The highest BCUT2D eigenvalue weighted by Crippen LogP contribution is 2.30. The smallest absolute Gasteiger partial charge is 0.253 e. The third-order valence-electron chi connectivity index (χ3n) is 3.60. The summed E-state index contributed by atoms with van der Waals surface area (Å²) in [5, 5.41) is 3.38. The van der Waals surface area contributed by atoms with Gasteiger partial charge in [0.15, 0.2) is 5.13 Å². The predicted molar refractivity (Wildman–Crippen MR) is 108 cm³/mol. The number of hydrogen-bond donors (Lipinski definition) is 1. The maximum Gasteiger partial charge on any atom is 0.253 e. The largest absolute Gasteiger partial charge is 0.338 e. The van der Waals surface area contributed by atoms with Crippen molar-refractivity contribution in [2.45, 2.75) is 0 Å². The van der Waals surface area contributed by atoms with E-state index in [0.29, 0.717) is 16.7 Å². The van der Waals surface area contributed by atoms with Crippen LogP contribution in [0.1, 0.15) is 4.88 Å². The molecule has 0 saturated heterocycles. The third-order valence-corrected chi connectivity index (χ3v) is 5.72. The number of anilines is 1. The fraction of sp³-hybridized carbons (Fsp3) is 0.222. The van der Waals surface area contributed by atoms with Gasteiger partial charge in [-0.1, -0.05) is 29.0 Å². The Morgan fingerprint density at radius 2 is 2.20 bits per heavy atom. The van der Waals surface area contributed by atoms with E-state index >= 15 is 0 Å². The third kappa shape index (κ3) is 4.67. The Morgan fingerprint density at radius 1 is 1.36 bits per heavy atom. The maximum atomic E-state index is 12.8. The minimum absolute atomic E-state index is 0.0557. The van der Waals surface area contributed by atoms with Crippen LogP contribution in [-0.2, 0) is 4.79 Å². The van der Waals surface area contributed by atoms with E-state index in [1.807, 2.05) is 41.8 Å². The number of quaternary nitrogens is 1. The van der Waals surface area contributed by atoms with Crippen LogP contribution < -0.4 is 9.80 Å². The van der Waals surface area contributed by atoms with Crippen LogP contribution in [0.3, 0.4) is 0 Å². The Morgan fingerprint density at radius 3 is 2.92 bits per heavy atom. The normalized spacial score (nSPS) is 11.7. The van der Waals surface area contributed by atoms with Gasteiger partial charge in [-0.05, 0) is 35.7 Å². The van der Waals surface area contributed by atoms with Crippen LogP contribution in [0.5, 0.6) is 0 Å². The molecule has 0 atom stereocenters. The van der Waals surface area contributed by atoms with Crippen LogP contribution in [0.2, 0.25) is 5.02 Å². The summed E-state index contributed by atoms with van der Waals surface area (Å²) >= 11 is 9.16. The minimum atomic E-state index is -0.0557. The first-order chi connectivity index (χ1) is 12.0. The SMILES string of the molecule is C[NH+](C)CCN(C(=O)/C=C/c1cccs1)c1nc2ccc(Cl)cc2s1. The number of fused-ring (bicyclic) bond motifs is 1. The minimum Gasteiger partial charge on any atom is -0.338 e. The zero-order valence-electron chi connectivity index (χ0n) is 14.0. The van der Waals surface area contributed by atoms with Gasteiger partial charge in [0.2, 0.25) is 0 Å². The van der Waals surface area contributed by atoms with E-state index in [2.05, 4.69) is 19.1 Å². The summed E-state index contributed by atoms with van der Waals surface area (Å²) in [6, 6.07) is 9.56. The number of hydrogen-bond acceptors (Lipinski definition) is 4. The molecule has 4 nitrogen and oxygen atoms in total. The van der Waals surface area contributed by atoms with Crippen LogP contribution in [0.25, 0.3) is 16.3 Å². The van der Waals surface area contributed by atoms with Crippen LogP contribution in [0.4, 0.5) is 5.13 Å². The molecule has 130 valence electrons. The molecule has 0 aliphatic carbocycles. The molecule has 7 heteroatoms. The van der Waals surface area contributed by atoms with Gasteiger partial charge in [0, 0.05) is 16.0 Å². The van der Waals surface area contributed by atoms with E-state index in [1.165, 1.54) is 16.2 Å². The molecule has 0 saturated carbocycles. The molecule has 0 unspecified atom stereocenters. The molecule has 0 radical (unpaired) electrons. The van der Waals surface area contributed by atoms with Crippen LogP contribution in [0.15, 0.2) is 41.8 Å². The molecule has 1 aromatic carbocycles. The number of carbonyl (C=O) groups excluding carboxylic acids is 1. The lowest BCUT2D eigenvalue weighted by Crippen LogP contribution is -3.06. The van der Waals surface area contributed by atoms with Gasteiger partial charge in [-0.3, -0.25) is 9.69 Å². The molecular weight excluding hydrogens is 374 g/mol. The van der Waals surface area contributed by atoms with Crippen molar-refractivity contribution in [1.82, 2.24) is 4.98 Å². The number of thiazole rings is 1. The first kappa shape index (κ1) is 18.1. The van der Waals surface area contributed by atoms with Crippen molar-refractivity contribution in [3.8, 4) is 0 Å². The van der Waals surface area contributed by atoms with Crippen LogP contribution >= 0.6 is 34.3 Å². The van der Waals surface area contributed by atoms with E-state index in [0.717, 1.165) is 21.6 Å². The quantitative estimate of drug-likeness (QED) is 0.654. The zero-order valence-corrected chi connectivity index (χ0v) is 16.4. The molecule has 0 aliphatic rings. The average molecular weight is 393 g/mol. The van der Waals surface area contributed by atoms with Gasteiger partial charge in [-0.25, -0.2) is 4.98 Å². The number of halogens is 1. The summed E-state index contributed by atoms with van der Waals surface area (Å²) in [4.78, 5) is 21.5. The fourth-order valence-electron chi connectivity index (χ4n) is 2.27. The number of aromatic nitrogens is 1.